The summed E-state index contributed by atoms with van der Waals surface area (Å²) >= 11 is 0. The topological polar surface area (TPSA) is 44.5 Å². The molecule has 16 heavy (non-hydrogen) atoms. The number of halogens is 1. The third-order valence-corrected chi connectivity index (χ3v) is 2.83. The number of ether oxygens (including phenoxy) is 2. The third-order valence-electron chi connectivity index (χ3n) is 2.83. The summed E-state index contributed by atoms with van der Waals surface area (Å²) < 4.78 is 24.4. The van der Waals surface area contributed by atoms with Crippen LogP contribution in [0.5, 0.6) is 0 Å². The van der Waals surface area contributed by atoms with Crippen molar-refractivity contribution in [1.29, 1.82) is 0 Å². The Bertz CT molecular complexity index is 375. The lowest BCUT2D eigenvalue weighted by Gasteiger charge is -2.36. The van der Waals surface area contributed by atoms with Gasteiger partial charge in [-0.15, -0.1) is 0 Å². The van der Waals surface area contributed by atoms with Crippen molar-refractivity contribution in [3.63, 3.8) is 0 Å². The summed E-state index contributed by atoms with van der Waals surface area (Å²) in [6.07, 6.45) is 0.863. The van der Waals surface area contributed by atoms with E-state index in [9.17, 15) is 4.39 Å². The first-order valence-electron chi connectivity index (χ1n) is 5.42. The summed E-state index contributed by atoms with van der Waals surface area (Å²) in [5, 5.41) is 0. The van der Waals surface area contributed by atoms with Crippen LogP contribution in [0.2, 0.25) is 0 Å². The maximum Gasteiger partial charge on any atom is 0.207 e. The Kier molecular flexibility index (Phi) is 3.23. The van der Waals surface area contributed by atoms with Crippen LogP contribution in [0.4, 0.5) is 4.39 Å². The average Bonchev–Trinajstić information content (AvgIpc) is 2.33. The van der Waals surface area contributed by atoms with Gasteiger partial charge >= 0.3 is 0 Å². The van der Waals surface area contributed by atoms with E-state index in [0.29, 0.717) is 18.8 Å². The van der Waals surface area contributed by atoms with Gasteiger partial charge in [0.05, 0.1) is 19.8 Å². The molecule has 0 saturated carbocycles. The van der Waals surface area contributed by atoms with E-state index in [0.717, 1.165) is 12.0 Å². The molecule has 1 aromatic rings. The molecule has 2 N–H and O–H groups in total. The number of aryl methyl sites for hydroxylation is 1. The van der Waals surface area contributed by atoms with Crippen LogP contribution in [0, 0.1) is 12.7 Å². The Morgan fingerprint density at radius 1 is 1.38 bits per heavy atom. The molecule has 0 amide bonds. The van der Waals surface area contributed by atoms with Gasteiger partial charge in [0.1, 0.15) is 5.82 Å². The van der Waals surface area contributed by atoms with Gasteiger partial charge in [0, 0.05) is 5.56 Å². The lowest BCUT2D eigenvalue weighted by atomic mass is 10.0. The number of hydrogen-bond donors (Lipinski definition) is 1. The molecule has 3 nitrogen and oxygen atoms in total. The fourth-order valence-corrected chi connectivity index (χ4v) is 1.86. The highest BCUT2D eigenvalue weighted by molar-refractivity contribution is 5.28. The van der Waals surface area contributed by atoms with E-state index in [4.69, 9.17) is 15.2 Å². The molecule has 0 radical (unpaired) electrons. The highest BCUT2D eigenvalue weighted by Gasteiger charge is 2.35. The summed E-state index contributed by atoms with van der Waals surface area (Å²) in [5.41, 5.74) is 7.07. The largest absolute Gasteiger partial charge is 0.345 e. The smallest absolute Gasteiger partial charge is 0.207 e. The first-order chi connectivity index (χ1) is 7.68. The first-order valence-corrected chi connectivity index (χ1v) is 5.42. The monoisotopic (exact) mass is 225 g/mol. The molecule has 1 saturated heterocycles. The maximum atomic E-state index is 13.2. The molecule has 88 valence electrons. The minimum Gasteiger partial charge on any atom is -0.345 e. The molecule has 0 spiro atoms. The van der Waals surface area contributed by atoms with Gasteiger partial charge in [-0.25, -0.2) is 4.39 Å². The molecule has 2 rings (SSSR count). The Balaban J connectivity index is 2.35. The molecule has 1 aliphatic heterocycles. The molecule has 4 heteroatoms. The average molecular weight is 225 g/mol. The molecule has 0 bridgehead atoms. The number of hydrogen-bond acceptors (Lipinski definition) is 3. The van der Waals surface area contributed by atoms with Gasteiger partial charge in [-0.2, -0.15) is 0 Å². The Labute approximate surface area is 94.3 Å². The zero-order valence-corrected chi connectivity index (χ0v) is 9.33. The predicted octanol–water partition coefficient (Wildman–Crippen LogP) is 1.68. The van der Waals surface area contributed by atoms with E-state index in [2.05, 4.69) is 0 Å². The second-order valence-corrected chi connectivity index (χ2v) is 3.97. The standard InChI is InChI=1S/C12H16FNO2/c1-9-7-10(3-4-11(9)13)12(8-14)15-5-2-6-16-12/h3-4,7H,2,5-6,8,14H2,1H3. The normalized spacial score (nSPS) is 19.7. The van der Waals surface area contributed by atoms with Crippen LogP contribution in [0.3, 0.4) is 0 Å². The van der Waals surface area contributed by atoms with Crippen LogP contribution in [0.25, 0.3) is 0 Å². The minimum absolute atomic E-state index is 0.230. The van der Waals surface area contributed by atoms with Gasteiger partial charge in [-0.1, -0.05) is 6.07 Å². The number of rotatable bonds is 2. The molecular formula is C12H16FNO2. The maximum absolute atomic E-state index is 13.2. The summed E-state index contributed by atoms with van der Waals surface area (Å²) in [5.74, 6) is -1.12. The molecule has 1 aliphatic rings. The first kappa shape index (κ1) is 11.5. The minimum atomic E-state index is -0.892. The van der Waals surface area contributed by atoms with E-state index < -0.39 is 5.79 Å². The van der Waals surface area contributed by atoms with Crippen LogP contribution in [-0.2, 0) is 15.3 Å². The van der Waals surface area contributed by atoms with E-state index >= 15 is 0 Å². The van der Waals surface area contributed by atoms with E-state index in [1.165, 1.54) is 6.07 Å². The van der Waals surface area contributed by atoms with Crippen molar-refractivity contribution in [1.82, 2.24) is 0 Å². The summed E-state index contributed by atoms with van der Waals surface area (Å²) in [6.45, 7) is 3.19. The van der Waals surface area contributed by atoms with Crippen LogP contribution in [0.1, 0.15) is 17.5 Å². The van der Waals surface area contributed by atoms with Crippen molar-refractivity contribution in [2.75, 3.05) is 19.8 Å². The SMILES string of the molecule is Cc1cc(C2(CN)OCCCO2)ccc1F. The molecule has 1 fully saturated rings. The van der Waals surface area contributed by atoms with Gasteiger partial charge in [0.15, 0.2) is 0 Å². The molecular weight excluding hydrogens is 209 g/mol. The molecule has 1 heterocycles. The van der Waals surface area contributed by atoms with Crippen molar-refractivity contribution in [2.45, 2.75) is 19.1 Å². The molecule has 0 aromatic heterocycles. The molecule has 0 unspecified atom stereocenters. The predicted molar refractivity (Wildman–Crippen MR) is 58.4 cm³/mol. The zero-order valence-electron chi connectivity index (χ0n) is 9.33. The number of benzene rings is 1. The van der Waals surface area contributed by atoms with Crippen LogP contribution < -0.4 is 5.73 Å². The summed E-state index contributed by atoms with van der Waals surface area (Å²) in [7, 11) is 0. The van der Waals surface area contributed by atoms with E-state index in [1.807, 2.05) is 0 Å². The molecule has 0 atom stereocenters. The van der Waals surface area contributed by atoms with Gasteiger partial charge in [0.2, 0.25) is 5.79 Å². The van der Waals surface area contributed by atoms with Gasteiger partial charge in [0.25, 0.3) is 0 Å². The van der Waals surface area contributed by atoms with E-state index in [-0.39, 0.29) is 12.4 Å². The second-order valence-electron chi connectivity index (χ2n) is 3.97. The molecule has 0 aliphatic carbocycles. The highest BCUT2D eigenvalue weighted by atomic mass is 19.1. The Hall–Kier alpha value is -0.970. The van der Waals surface area contributed by atoms with Crippen LogP contribution in [0.15, 0.2) is 18.2 Å². The zero-order chi connectivity index (χ0) is 11.6. The van der Waals surface area contributed by atoms with Gasteiger partial charge < -0.3 is 15.2 Å². The highest BCUT2D eigenvalue weighted by Crippen LogP contribution is 2.30. The van der Waals surface area contributed by atoms with Crippen molar-refractivity contribution in [3.8, 4) is 0 Å². The van der Waals surface area contributed by atoms with Crippen molar-refractivity contribution >= 4 is 0 Å². The van der Waals surface area contributed by atoms with Crippen molar-refractivity contribution in [3.05, 3.63) is 35.1 Å². The number of nitrogens with two attached hydrogens (primary N) is 1. The second kappa shape index (κ2) is 4.49. The summed E-state index contributed by atoms with van der Waals surface area (Å²) in [6, 6.07) is 4.82. The molecule has 1 aromatic carbocycles. The fraction of sp³-hybridized carbons (Fsp3) is 0.500. The summed E-state index contributed by atoms with van der Waals surface area (Å²) in [4.78, 5) is 0. The lowest BCUT2D eigenvalue weighted by Crippen LogP contribution is -2.44. The lowest BCUT2D eigenvalue weighted by molar-refractivity contribution is -0.269. The van der Waals surface area contributed by atoms with Crippen LogP contribution in [-0.4, -0.2) is 19.8 Å². The van der Waals surface area contributed by atoms with Gasteiger partial charge in [-0.3, -0.25) is 0 Å². The van der Waals surface area contributed by atoms with Crippen LogP contribution >= 0.6 is 0 Å². The Morgan fingerprint density at radius 3 is 2.62 bits per heavy atom. The third kappa shape index (κ3) is 1.96. The quantitative estimate of drug-likeness (QED) is 0.833. The van der Waals surface area contributed by atoms with Crippen molar-refractivity contribution in [2.24, 2.45) is 5.73 Å². The van der Waals surface area contributed by atoms with Gasteiger partial charge in [-0.05, 0) is 31.0 Å². The van der Waals surface area contributed by atoms with Crippen molar-refractivity contribution < 1.29 is 13.9 Å². The fourth-order valence-electron chi connectivity index (χ4n) is 1.86. The van der Waals surface area contributed by atoms with E-state index in [1.54, 1.807) is 19.1 Å². The Morgan fingerprint density at radius 2 is 2.06 bits per heavy atom.